The molecule has 0 saturated heterocycles. The molecule has 0 fully saturated rings. The van der Waals surface area contributed by atoms with Gasteiger partial charge in [-0.1, -0.05) is 78.3 Å². The minimum atomic E-state index is -0.325. The molecule has 0 spiro atoms. The Balaban J connectivity index is 1.82. The van der Waals surface area contributed by atoms with E-state index in [0.717, 1.165) is 17.3 Å². The standard InChI is InChI=1S/C23H17ClN2/c24-19-12-10-18(11-13-19)23(16-17-6-2-1-3-7-17)21-9-5-4-8-20(21)22-25-14-15-26(22)23/h1-15H,16H2. The van der Waals surface area contributed by atoms with Crippen LogP contribution in [0.15, 0.2) is 91.3 Å². The van der Waals surface area contributed by atoms with E-state index in [9.17, 15) is 0 Å². The molecule has 4 aromatic rings. The van der Waals surface area contributed by atoms with Crippen molar-refractivity contribution in [3.63, 3.8) is 0 Å². The summed E-state index contributed by atoms with van der Waals surface area (Å²) in [5.74, 6) is 1.02. The molecule has 1 aliphatic rings. The van der Waals surface area contributed by atoms with E-state index in [2.05, 4.69) is 82.5 Å². The predicted molar refractivity (Wildman–Crippen MR) is 105 cm³/mol. The van der Waals surface area contributed by atoms with Gasteiger partial charge in [-0.25, -0.2) is 4.98 Å². The zero-order valence-electron chi connectivity index (χ0n) is 14.1. The van der Waals surface area contributed by atoms with Gasteiger partial charge in [0.2, 0.25) is 0 Å². The van der Waals surface area contributed by atoms with Crippen LogP contribution in [-0.2, 0) is 12.0 Å². The molecule has 1 atom stereocenters. The first-order valence-electron chi connectivity index (χ1n) is 8.73. The third-order valence-corrected chi connectivity index (χ3v) is 5.54. The summed E-state index contributed by atoms with van der Waals surface area (Å²) in [4.78, 5) is 4.65. The van der Waals surface area contributed by atoms with E-state index < -0.39 is 0 Å². The molecule has 0 aliphatic carbocycles. The molecule has 0 amide bonds. The molecule has 0 N–H and O–H groups in total. The van der Waals surface area contributed by atoms with Crippen LogP contribution in [0.5, 0.6) is 0 Å². The number of hydrogen-bond donors (Lipinski definition) is 0. The molecule has 1 aliphatic heterocycles. The predicted octanol–water partition coefficient (Wildman–Crippen LogP) is 5.55. The average Bonchev–Trinajstić information content (AvgIpc) is 3.26. The quantitative estimate of drug-likeness (QED) is 0.470. The van der Waals surface area contributed by atoms with Gasteiger partial charge in [0.25, 0.3) is 0 Å². The molecule has 0 bridgehead atoms. The Morgan fingerprint density at radius 2 is 1.58 bits per heavy atom. The van der Waals surface area contributed by atoms with E-state index in [-0.39, 0.29) is 5.54 Å². The molecule has 0 saturated carbocycles. The van der Waals surface area contributed by atoms with Crippen LogP contribution in [0.2, 0.25) is 5.02 Å². The van der Waals surface area contributed by atoms with Crippen molar-refractivity contribution in [2.24, 2.45) is 0 Å². The fourth-order valence-corrected chi connectivity index (χ4v) is 4.30. The summed E-state index contributed by atoms with van der Waals surface area (Å²) < 4.78 is 2.31. The van der Waals surface area contributed by atoms with Crippen LogP contribution in [0.25, 0.3) is 11.4 Å². The van der Waals surface area contributed by atoms with Crippen LogP contribution in [0.3, 0.4) is 0 Å². The number of aromatic nitrogens is 2. The summed E-state index contributed by atoms with van der Waals surface area (Å²) in [6.45, 7) is 0. The molecule has 2 heterocycles. The van der Waals surface area contributed by atoms with Crippen LogP contribution in [0, 0.1) is 0 Å². The first-order chi connectivity index (χ1) is 12.8. The maximum absolute atomic E-state index is 6.18. The molecule has 0 radical (unpaired) electrons. The molecule has 5 rings (SSSR count). The number of fused-ring (bicyclic) bond motifs is 3. The molecular formula is C23H17ClN2. The summed E-state index contributed by atoms with van der Waals surface area (Å²) in [6.07, 6.45) is 4.84. The average molecular weight is 357 g/mol. The lowest BCUT2D eigenvalue weighted by Gasteiger charge is -2.34. The molecule has 126 valence electrons. The fraction of sp³-hybridized carbons (Fsp3) is 0.0870. The summed E-state index contributed by atoms with van der Waals surface area (Å²) in [7, 11) is 0. The zero-order chi connectivity index (χ0) is 17.6. The van der Waals surface area contributed by atoms with Crippen molar-refractivity contribution in [3.8, 4) is 11.4 Å². The van der Waals surface area contributed by atoms with Crippen LogP contribution >= 0.6 is 11.6 Å². The largest absolute Gasteiger partial charge is 0.316 e. The first-order valence-corrected chi connectivity index (χ1v) is 9.10. The Kier molecular flexibility index (Phi) is 3.47. The third kappa shape index (κ3) is 2.16. The second kappa shape index (κ2) is 5.86. The summed E-state index contributed by atoms with van der Waals surface area (Å²) in [5.41, 5.74) is 4.67. The monoisotopic (exact) mass is 356 g/mol. The minimum Gasteiger partial charge on any atom is -0.316 e. The van der Waals surface area contributed by atoms with Gasteiger partial charge in [0.15, 0.2) is 0 Å². The Labute approximate surface area is 157 Å². The number of hydrogen-bond acceptors (Lipinski definition) is 1. The van der Waals surface area contributed by atoms with Gasteiger partial charge >= 0.3 is 0 Å². The zero-order valence-corrected chi connectivity index (χ0v) is 14.9. The lowest BCUT2D eigenvalue weighted by atomic mass is 9.78. The number of imidazole rings is 1. The van der Waals surface area contributed by atoms with Crippen molar-refractivity contribution in [1.29, 1.82) is 0 Å². The van der Waals surface area contributed by atoms with Crippen LogP contribution in [0.4, 0.5) is 0 Å². The second-order valence-corrected chi connectivity index (χ2v) is 7.13. The number of nitrogens with zero attached hydrogens (tertiary/aromatic N) is 2. The SMILES string of the molecule is Clc1ccc(C2(Cc3ccccc3)c3ccccc3-c3nccn32)cc1. The van der Waals surface area contributed by atoms with Crippen LogP contribution in [0.1, 0.15) is 16.7 Å². The first kappa shape index (κ1) is 15.4. The molecular weight excluding hydrogens is 340 g/mol. The number of halogens is 1. The molecule has 3 aromatic carbocycles. The molecule has 3 heteroatoms. The Bertz CT molecular complexity index is 1070. The minimum absolute atomic E-state index is 0.325. The third-order valence-electron chi connectivity index (χ3n) is 5.29. The lowest BCUT2D eigenvalue weighted by molar-refractivity contribution is 0.450. The van der Waals surface area contributed by atoms with E-state index in [1.807, 2.05) is 18.3 Å². The van der Waals surface area contributed by atoms with Crippen molar-refractivity contribution in [1.82, 2.24) is 9.55 Å². The van der Waals surface area contributed by atoms with Crippen molar-refractivity contribution >= 4 is 11.6 Å². The van der Waals surface area contributed by atoms with Crippen molar-refractivity contribution in [3.05, 3.63) is 113 Å². The summed E-state index contributed by atoms with van der Waals surface area (Å²) >= 11 is 6.18. The van der Waals surface area contributed by atoms with Crippen LogP contribution in [-0.4, -0.2) is 9.55 Å². The molecule has 26 heavy (non-hydrogen) atoms. The highest BCUT2D eigenvalue weighted by atomic mass is 35.5. The Morgan fingerprint density at radius 3 is 2.38 bits per heavy atom. The highest BCUT2D eigenvalue weighted by Crippen LogP contribution is 2.48. The smallest absolute Gasteiger partial charge is 0.141 e. The van der Waals surface area contributed by atoms with Crippen molar-refractivity contribution in [2.75, 3.05) is 0 Å². The van der Waals surface area contributed by atoms with E-state index in [0.29, 0.717) is 0 Å². The van der Waals surface area contributed by atoms with Gasteiger partial charge in [0.05, 0.1) is 0 Å². The van der Waals surface area contributed by atoms with Crippen LogP contribution < -0.4 is 0 Å². The van der Waals surface area contributed by atoms with E-state index in [1.54, 1.807) is 0 Å². The molecule has 2 nitrogen and oxygen atoms in total. The van der Waals surface area contributed by atoms with Gasteiger partial charge < -0.3 is 4.57 Å². The van der Waals surface area contributed by atoms with Gasteiger partial charge in [0, 0.05) is 29.4 Å². The topological polar surface area (TPSA) is 17.8 Å². The van der Waals surface area contributed by atoms with E-state index in [1.165, 1.54) is 22.3 Å². The molecule has 1 aromatic heterocycles. The number of benzene rings is 3. The van der Waals surface area contributed by atoms with Gasteiger partial charge in [-0.2, -0.15) is 0 Å². The van der Waals surface area contributed by atoms with E-state index >= 15 is 0 Å². The maximum atomic E-state index is 6.18. The lowest BCUT2D eigenvalue weighted by Crippen LogP contribution is -2.35. The van der Waals surface area contributed by atoms with E-state index in [4.69, 9.17) is 11.6 Å². The normalized spacial score (nSPS) is 17.7. The van der Waals surface area contributed by atoms with Gasteiger partial charge in [-0.3, -0.25) is 0 Å². The maximum Gasteiger partial charge on any atom is 0.141 e. The van der Waals surface area contributed by atoms with Crippen molar-refractivity contribution < 1.29 is 0 Å². The highest BCUT2D eigenvalue weighted by molar-refractivity contribution is 6.30. The second-order valence-electron chi connectivity index (χ2n) is 6.70. The van der Waals surface area contributed by atoms with Gasteiger partial charge in [-0.05, 0) is 28.8 Å². The van der Waals surface area contributed by atoms with Gasteiger partial charge in [0.1, 0.15) is 11.4 Å². The fourth-order valence-electron chi connectivity index (χ4n) is 4.17. The highest BCUT2D eigenvalue weighted by Gasteiger charge is 2.44. The van der Waals surface area contributed by atoms with Gasteiger partial charge in [-0.15, -0.1) is 0 Å². The summed E-state index contributed by atoms with van der Waals surface area (Å²) in [5, 5.41) is 0.751. The van der Waals surface area contributed by atoms with Crippen molar-refractivity contribution in [2.45, 2.75) is 12.0 Å². The number of rotatable bonds is 3. The summed E-state index contributed by atoms with van der Waals surface area (Å²) in [6, 6.07) is 27.4. The Hall–Kier alpha value is -2.84. The Morgan fingerprint density at radius 1 is 0.846 bits per heavy atom. The molecule has 1 unspecified atom stereocenters.